The van der Waals surface area contributed by atoms with Gasteiger partial charge in [0.25, 0.3) is 5.91 Å². The fraction of sp³-hybridized carbons (Fsp3) is 0.257. The van der Waals surface area contributed by atoms with Crippen molar-refractivity contribution >= 4 is 29.1 Å². The topological polar surface area (TPSA) is 174 Å². The van der Waals surface area contributed by atoms with Crippen LogP contribution in [0.15, 0.2) is 81.5 Å². The fourth-order valence-corrected chi connectivity index (χ4v) is 6.47. The van der Waals surface area contributed by atoms with Gasteiger partial charge in [0.1, 0.15) is 29.6 Å². The Morgan fingerprint density at radius 2 is 1.90 bits per heavy atom. The summed E-state index contributed by atoms with van der Waals surface area (Å²) in [6.45, 7) is -0.493. The third kappa shape index (κ3) is 5.32. The van der Waals surface area contributed by atoms with E-state index in [0.29, 0.717) is 39.9 Å². The number of hydrogen-bond donors (Lipinski definition) is 3. The average Bonchev–Trinajstić information content (AvgIpc) is 3.74. The lowest BCUT2D eigenvalue weighted by Crippen LogP contribution is -2.55. The molecule has 0 fully saturated rings. The molecule has 0 unspecified atom stereocenters. The maximum atomic E-state index is 14.5. The number of amides is 2. The fourth-order valence-electron chi connectivity index (χ4n) is 6.47. The zero-order valence-corrected chi connectivity index (χ0v) is 25.6. The van der Waals surface area contributed by atoms with E-state index < -0.39 is 41.6 Å². The van der Waals surface area contributed by atoms with Crippen LogP contribution in [0.5, 0.6) is 23.0 Å². The van der Waals surface area contributed by atoms with Crippen LogP contribution in [0.1, 0.15) is 37.8 Å². The molecule has 3 aromatic carbocycles. The summed E-state index contributed by atoms with van der Waals surface area (Å²) in [6, 6.07) is 15.1. The summed E-state index contributed by atoms with van der Waals surface area (Å²) in [7, 11) is 1.40. The van der Waals surface area contributed by atoms with Crippen LogP contribution in [-0.4, -0.2) is 78.5 Å². The standard InChI is InChI=1S/C35H30N2O11/c1-44-28-12-19(16-39)10-21-29-22(33(41)36-8-9-38)14-24(30(40)32(29)48-31(21)28)37(15-18-6-7-26-27(11-18)46-17-45-26)34(42)23-13-20-4-2-3-5-25(20)47-35(23)43/h2-7,10-14,16,24,29-30,32,38,40H,8-9,15,17H2,1H3,(H,36,41)/t24-,29+,30+,32+/m1/s1. The van der Waals surface area contributed by atoms with Gasteiger partial charge in [0.2, 0.25) is 12.7 Å². The summed E-state index contributed by atoms with van der Waals surface area (Å²) in [5.74, 6) is -0.766. The van der Waals surface area contributed by atoms with Crippen molar-refractivity contribution in [1.82, 2.24) is 10.2 Å². The van der Waals surface area contributed by atoms with Crippen LogP contribution >= 0.6 is 0 Å². The van der Waals surface area contributed by atoms with Gasteiger partial charge in [-0.3, -0.25) is 14.4 Å². The molecule has 3 aliphatic rings. The lowest BCUT2D eigenvalue weighted by molar-refractivity contribution is -0.118. The van der Waals surface area contributed by atoms with Crippen molar-refractivity contribution < 1.29 is 48.0 Å². The van der Waals surface area contributed by atoms with Crippen molar-refractivity contribution in [2.45, 2.75) is 30.7 Å². The van der Waals surface area contributed by atoms with Crippen LogP contribution in [0.4, 0.5) is 0 Å². The number of hydrogen-bond acceptors (Lipinski definition) is 11. The first-order valence-electron chi connectivity index (χ1n) is 15.2. The lowest BCUT2D eigenvalue weighted by Gasteiger charge is -2.40. The number of ether oxygens (including phenoxy) is 4. The van der Waals surface area contributed by atoms with Crippen molar-refractivity contribution in [3.8, 4) is 23.0 Å². The highest BCUT2D eigenvalue weighted by molar-refractivity contribution is 5.99. The van der Waals surface area contributed by atoms with Crippen LogP contribution in [0.2, 0.25) is 0 Å². The first-order chi connectivity index (χ1) is 23.3. The third-order valence-electron chi connectivity index (χ3n) is 8.69. The second kappa shape index (κ2) is 12.5. The summed E-state index contributed by atoms with van der Waals surface area (Å²) in [6.07, 6.45) is -0.453. The van der Waals surface area contributed by atoms with Gasteiger partial charge in [-0.05, 0) is 48.0 Å². The highest BCUT2D eigenvalue weighted by Crippen LogP contribution is 2.51. The van der Waals surface area contributed by atoms with E-state index in [1.54, 1.807) is 48.5 Å². The molecule has 1 aliphatic carbocycles. The molecule has 7 rings (SSSR count). The molecule has 4 aromatic rings. The van der Waals surface area contributed by atoms with Gasteiger partial charge in [0, 0.05) is 35.2 Å². The van der Waals surface area contributed by atoms with Gasteiger partial charge in [-0.15, -0.1) is 0 Å². The number of nitrogens with one attached hydrogen (secondary N) is 1. The van der Waals surface area contributed by atoms with Gasteiger partial charge < -0.3 is 43.8 Å². The molecule has 0 spiro atoms. The minimum Gasteiger partial charge on any atom is -0.493 e. The number of nitrogens with zero attached hydrogens (tertiary/aromatic N) is 1. The SMILES string of the molecule is COc1cc(C=O)cc2c1O[C@@H]1[C@@H](O)[C@H](N(Cc3ccc4c(c3)OCO4)C(=O)c3cc4ccccc4oc3=O)C=C(C(=O)NCCO)[C@H]21. The normalized spacial score (nSPS) is 20.3. The number of aliphatic hydroxyl groups excluding tert-OH is 2. The van der Waals surface area contributed by atoms with Crippen molar-refractivity contribution in [2.75, 3.05) is 27.1 Å². The summed E-state index contributed by atoms with van der Waals surface area (Å²) < 4.78 is 28.2. The molecule has 3 N–H and O–H groups in total. The molecule has 0 radical (unpaired) electrons. The minimum atomic E-state index is -1.44. The Bertz CT molecular complexity index is 2040. The molecule has 2 aliphatic heterocycles. The van der Waals surface area contributed by atoms with Crippen LogP contribution < -0.4 is 29.9 Å². The number of aldehydes is 1. The Hall–Kier alpha value is -5.66. The van der Waals surface area contributed by atoms with E-state index in [9.17, 15) is 29.4 Å². The number of benzene rings is 3. The molecule has 246 valence electrons. The Labute approximate surface area is 272 Å². The highest BCUT2D eigenvalue weighted by Gasteiger charge is 2.51. The van der Waals surface area contributed by atoms with E-state index in [4.69, 9.17) is 23.4 Å². The first kappa shape index (κ1) is 31.0. The van der Waals surface area contributed by atoms with E-state index in [0.717, 1.165) is 0 Å². The quantitative estimate of drug-likeness (QED) is 0.179. The van der Waals surface area contributed by atoms with Crippen molar-refractivity contribution in [3.05, 3.63) is 105 Å². The molecule has 13 nitrogen and oxygen atoms in total. The predicted molar refractivity (Wildman–Crippen MR) is 168 cm³/mol. The van der Waals surface area contributed by atoms with E-state index >= 15 is 0 Å². The van der Waals surface area contributed by atoms with Gasteiger partial charge in [-0.1, -0.05) is 24.3 Å². The maximum absolute atomic E-state index is 14.5. The third-order valence-corrected chi connectivity index (χ3v) is 8.69. The predicted octanol–water partition coefficient (Wildman–Crippen LogP) is 2.31. The van der Waals surface area contributed by atoms with Crippen molar-refractivity contribution in [1.29, 1.82) is 0 Å². The zero-order valence-electron chi connectivity index (χ0n) is 25.6. The minimum absolute atomic E-state index is 0.0339. The molecular weight excluding hydrogens is 624 g/mol. The number of fused-ring (bicyclic) bond motifs is 5. The smallest absolute Gasteiger partial charge is 0.349 e. The number of carbonyl (C=O) groups excluding carboxylic acids is 3. The largest absolute Gasteiger partial charge is 0.493 e. The summed E-state index contributed by atoms with van der Waals surface area (Å²) in [5.41, 5.74) is 0.554. The summed E-state index contributed by atoms with van der Waals surface area (Å²) in [5, 5.41) is 24.6. The van der Waals surface area contributed by atoms with Gasteiger partial charge in [-0.25, -0.2) is 4.79 Å². The van der Waals surface area contributed by atoms with E-state index in [1.807, 2.05) is 0 Å². The number of aliphatic hydroxyl groups is 2. The zero-order chi connectivity index (χ0) is 33.5. The number of rotatable bonds is 9. The van der Waals surface area contributed by atoms with Crippen LogP contribution in [0.25, 0.3) is 11.0 Å². The van der Waals surface area contributed by atoms with Gasteiger partial charge in [0.05, 0.1) is 25.7 Å². The molecule has 2 amide bonds. The maximum Gasteiger partial charge on any atom is 0.349 e. The summed E-state index contributed by atoms with van der Waals surface area (Å²) >= 11 is 0. The van der Waals surface area contributed by atoms with Crippen molar-refractivity contribution in [3.63, 3.8) is 0 Å². The molecule has 48 heavy (non-hydrogen) atoms. The molecular formula is C35H30N2O11. The Morgan fingerprint density at radius 1 is 1.08 bits per heavy atom. The molecule has 4 atom stereocenters. The number of methoxy groups -OCH3 is 1. The van der Waals surface area contributed by atoms with Crippen molar-refractivity contribution in [2.24, 2.45) is 0 Å². The van der Waals surface area contributed by atoms with Crippen LogP contribution in [-0.2, 0) is 11.3 Å². The molecule has 3 heterocycles. The monoisotopic (exact) mass is 654 g/mol. The highest BCUT2D eigenvalue weighted by atomic mass is 16.7. The van der Waals surface area contributed by atoms with Gasteiger partial charge >= 0.3 is 5.63 Å². The molecule has 1 aromatic heterocycles. The Morgan fingerprint density at radius 3 is 2.69 bits per heavy atom. The van der Waals surface area contributed by atoms with Gasteiger partial charge in [0.15, 0.2) is 23.0 Å². The second-order valence-corrected chi connectivity index (χ2v) is 11.5. The van der Waals surface area contributed by atoms with Crippen LogP contribution in [0.3, 0.4) is 0 Å². The Balaban J connectivity index is 1.37. The van der Waals surface area contributed by atoms with Gasteiger partial charge in [-0.2, -0.15) is 0 Å². The molecule has 0 bridgehead atoms. The first-order valence-corrected chi connectivity index (χ1v) is 15.2. The molecule has 0 saturated carbocycles. The average molecular weight is 655 g/mol. The molecule has 13 heteroatoms. The second-order valence-electron chi connectivity index (χ2n) is 11.5. The Kier molecular flexibility index (Phi) is 8.07. The van der Waals surface area contributed by atoms with E-state index in [-0.39, 0.29) is 54.7 Å². The number of para-hydroxylation sites is 1. The van der Waals surface area contributed by atoms with Crippen LogP contribution in [0, 0.1) is 0 Å². The summed E-state index contributed by atoms with van der Waals surface area (Å²) in [4.78, 5) is 54.5. The molecule has 0 saturated heterocycles. The van der Waals surface area contributed by atoms with E-state index in [2.05, 4.69) is 5.32 Å². The number of carbonyl (C=O) groups is 3. The lowest BCUT2D eigenvalue weighted by atomic mass is 9.77. The van der Waals surface area contributed by atoms with E-state index in [1.165, 1.54) is 30.2 Å².